The molecule has 2 aromatic rings. The van der Waals surface area contributed by atoms with Crippen molar-refractivity contribution in [2.24, 2.45) is 5.92 Å². The zero-order valence-corrected chi connectivity index (χ0v) is 9.51. The van der Waals surface area contributed by atoms with Crippen LogP contribution in [0.25, 0.3) is 11.3 Å². The number of nitrogens with zero attached hydrogens (tertiary/aromatic N) is 1. The Labute approximate surface area is 95.1 Å². The molecule has 0 spiro atoms. The molecule has 0 radical (unpaired) electrons. The molecular weight excluding hydrogens is 200 g/mol. The average molecular weight is 216 g/mol. The van der Waals surface area contributed by atoms with Crippen LogP contribution in [0.3, 0.4) is 0 Å². The monoisotopic (exact) mass is 216 g/mol. The van der Waals surface area contributed by atoms with Crippen LogP contribution in [0.1, 0.15) is 25.5 Å². The lowest BCUT2D eigenvalue weighted by Crippen LogP contribution is -2.05. The molecule has 0 aliphatic heterocycles. The first-order valence-electron chi connectivity index (χ1n) is 5.47. The van der Waals surface area contributed by atoms with Crippen LogP contribution >= 0.6 is 0 Å². The zero-order chi connectivity index (χ0) is 11.5. The second kappa shape index (κ2) is 4.49. The van der Waals surface area contributed by atoms with Crippen LogP contribution in [0.15, 0.2) is 36.5 Å². The number of aliphatic hydroxyl groups is 1. The summed E-state index contributed by atoms with van der Waals surface area (Å²) < 4.78 is 0. The highest BCUT2D eigenvalue weighted by molar-refractivity contribution is 5.62. The first-order chi connectivity index (χ1) is 7.70. The molecule has 3 heteroatoms. The van der Waals surface area contributed by atoms with Crippen molar-refractivity contribution in [3.63, 3.8) is 0 Å². The molecule has 0 saturated heterocycles. The van der Waals surface area contributed by atoms with Gasteiger partial charge in [-0.05, 0) is 11.5 Å². The van der Waals surface area contributed by atoms with Crippen molar-refractivity contribution in [3.8, 4) is 11.3 Å². The molecule has 0 saturated carbocycles. The Morgan fingerprint density at radius 2 is 1.88 bits per heavy atom. The summed E-state index contributed by atoms with van der Waals surface area (Å²) in [6.07, 6.45) is 1.22. The molecule has 0 fully saturated rings. The zero-order valence-electron chi connectivity index (χ0n) is 9.51. The van der Waals surface area contributed by atoms with E-state index < -0.39 is 6.10 Å². The molecule has 84 valence electrons. The van der Waals surface area contributed by atoms with Gasteiger partial charge in [0.2, 0.25) is 0 Å². The molecule has 1 atom stereocenters. The third kappa shape index (κ3) is 1.99. The molecule has 1 unspecified atom stereocenters. The van der Waals surface area contributed by atoms with Crippen LogP contribution in [-0.2, 0) is 0 Å². The van der Waals surface area contributed by atoms with Crippen molar-refractivity contribution < 1.29 is 5.11 Å². The van der Waals surface area contributed by atoms with Crippen LogP contribution < -0.4 is 0 Å². The van der Waals surface area contributed by atoms with E-state index in [-0.39, 0.29) is 5.92 Å². The van der Waals surface area contributed by atoms with Crippen molar-refractivity contribution in [1.82, 2.24) is 10.2 Å². The molecule has 0 amide bonds. The summed E-state index contributed by atoms with van der Waals surface area (Å²) in [6, 6.07) is 9.93. The van der Waals surface area contributed by atoms with Crippen LogP contribution in [0.2, 0.25) is 0 Å². The van der Waals surface area contributed by atoms with Gasteiger partial charge in [0.15, 0.2) is 0 Å². The van der Waals surface area contributed by atoms with E-state index >= 15 is 0 Å². The first-order valence-corrected chi connectivity index (χ1v) is 5.47. The number of aromatic nitrogens is 2. The SMILES string of the molecule is CC(C)C(O)c1cn[nH]c1-c1ccccc1. The Morgan fingerprint density at radius 1 is 1.19 bits per heavy atom. The second-order valence-corrected chi connectivity index (χ2v) is 4.26. The quantitative estimate of drug-likeness (QED) is 0.828. The van der Waals surface area contributed by atoms with E-state index in [2.05, 4.69) is 10.2 Å². The molecule has 0 bridgehead atoms. The van der Waals surface area contributed by atoms with Gasteiger partial charge in [-0.15, -0.1) is 0 Å². The number of hydrogen-bond donors (Lipinski definition) is 2. The van der Waals surface area contributed by atoms with Crippen LogP contribution in [0.5, 0.6) is 0 Å². The van der Waals surface area contributed by atoms with Crippen LogP contribution in [0.4, 0.5) is 0 Å². The maximum atomic E-state index is 10.1. The minimum absolute atomic E-state index is 0.181. The molecule has 0 aliphatic carbocycles. The predicted octanol–water partition coefficient (Wildman–Crippen LogP) is 2.77. The van der Waals surface area contributed by atoms with Gasteiger partial charge in [-0.3, -0.25) is 5.10 Å². The number of rotatable bonds is 3. The summed E-state index contributed by atoms with van der Waals surface area (Å²) in [5.74, 6) is 0.181. The van der Waals surface area contributed by atoms with Gasteiger partial charge in [-0.25, -0.2) is 0 Å². The Morgan fingerprint density at radius 3 is 2.50 bits per heavy atom. The van der Waals surface area contributed by atoms with Gasteiger partial charge in [0.05, 0.1) is 18.0 Å². The molecule has 1 heterocycles. The number of H-pyrrole nitrogens is 1. The van der Waals surface area contributed by atoms with E-state index in [1.54, 1.807) is 6.20 Å². The molecule has 1 aromatic carbocycles. The highest BCUT2D eigenvalue weighted by atomic mass is 16.3. The summed E-state index contributed by atoms with van der Waals surface area (Å²) >= 11 is 0. The van der Waals surface area contributed by atoms with E-state index in [9.17, 15) is 5.11 Å². The molecular formula is C13H16N2O. The van der Waals surface area contributed by atoms with Gasteiger partial charge in [0, 0.05) is 5.56 Å². The lowest BCUT2D eigenvalue weighted by atomic mass is 9.97. The predicted molar refractivity (Wildman–Crippen MR) is 63.8 cm³/mol. The number of aromatic amines is 1. The van der Waals surface area contributed by atoms with E-state index in [0.717, 1.165) is 16.8 Å². The van der Waals surface area contributed by atoms with Crippen molar-refractivity contribution in [2.75, 3.05) is 0 Å². The Kier molecular flexibility index (Phi) is 3.06. The Hall–Kier alpha value is -1.61. The Balaban J connectivity index is 2.40. The average Bonchev–Trinajstić information content (AvgIpc) is 2.77. The van der Waals surface area contributed by atoms with Crippen molar-refractivity contribution >= 4 is 0 Å². The molecule has 16 heavy (non-hydrogen) atoms. The van der Waals surface area contributed by atoms with Crippen molar-refractivity contribution in [1.29, 1.82) is 0 Å². The van der Waals surface area contributed by atoms with E-state index in [1.807, 2.05) is 44.2 Å². The van der Waals surface area contributed by atoms with E-state index in [0.29, 0.717) is 0 Å². The lowest BCUT2D eigenvalue weighted by molar-refractivity contribution is 0.127. The molecule has 0 aliphatic rings. The second-order valence-electron chi connectivity index (χ2n) is 4.26. The van der Waals surface area contributed by atoms with Gasteiger partial charge in [0.25, 0.3) is 0 Å². The minimum Gasteiger partial charge on any atom is -0.388 e. The van der Waals surface area contributed by atoms with Crippen molar-refractivity contribution in [2.45, 2.75) is 20.0 Å². The summed E-state index contributed by atoms with van der Waals surface area (Å²) in [7, 11) is 0. The van der Waals surface area contributed by atoms with Gasteiger partial charge < -0.3 is 5.11 Å². The summed E-state index contributed by atoms with van der Waals surface area (Å²) in [4.78, 5) is 0. The highest BCUT2D eigenvalue weighted by Crippen LogP contribution is 2.29. The lowest BCUT2D eigenvalue weighted by Gasteiger charge is -2.14. The molecule has 1 aromatic heterocycles. The molecule has 3 nitrogen and oxygen atoms in total. The summed E-state index contributed by atoms with van der Waals surface area (Å²) in [6.45, 7) is 3.98. The van der Waals surface area contributed by atoms with E-state index in [4.69, 9.17) is 0 Å². The summed E-state index contributed by atoms with van der Waals surface area (Å²) in [5, 5.41) is 17.0. The fourth-order valence-electron chi connectivity index (χ4n) is 1.71. The topological polar surface area (TPSA) is 48.9 Å². The fraction of sp³-hybridized carbons (Fsp3) is 0.308. The number of hydrogen-bond acceptors (Lipinski definition) is 2. The van der Waals surface area contributed by atoms with Crippen molar-refractivity contribution in [3.05, 3.63) is 42.1 Å². The highest BCUT2D eigenvalue weighted by Gasteiger charge is 2.18. The fourth-order valence-corrected chi connectivity index (χ4v) is 1.71. The molecule has 2 N–H and O–H groups in total. The van der Waals surface area contributed by atoms with Crippen LogP contribution in [0, 0.1) is 5.92 Å². The summed E-state index contributed by atoms with van der Waals surface area (Å²) in [5.41, 5.74) is 2.82. The maximum absolute atomic E-state index is 10.1. The third-order valence-electron chi connectivity index (χ3n) is 2.68. The van der Waals surface area contributed by atoms with Gasteiger partial charge in [-0.1, -0.05) is 44.2 Å². The van der Waals surface area contributed by atoms with Gasteiger partial charge in [0.1, 0.15) is 0 Å². The Bertz CT molecular complexity index is 448. The first kappa shape index (κ1) is 10.9. The molecule has 2 rings (SSSR count). The number of benzene rings is 1. The smallest absolute Gasteiger partial charge is 0.0849 e. The van der Waals surface area contributed by atoms with Gasteiger partial charge >= 0.3 is 0 Å². The van der Waals surface area contributed by atoms with Gasteiger partial charge in [-0.2, -0.15) is 5.10 Å². The number of nitrogens with one attached hydrogen (secondary N) is 1. The standard InChI is InChI=1S/C13H16N2O/c1-9(2)13(16)11-8-14-15-12(11)10-6-4-3-5-7-10/h3-9,13,16H,1-2H3,(H,14,15). The minimum atomic E-state index is -0.478. The normalized spacial score (nSPS) is 13.0. The largest absolute Gasteiger partial charge is 0.388 e. The third-order valence-corrected chi connectivity index (χ3v) is 2.68. The van der Waals surface area contributed by atoms with E-state index in [1.165, 1.54) is 0 Å². The number of aliphatic hydroxyl groups excluding tert-OH is 1. The van der Waals surface area contributed by atoms with Crippen LogP contribution in [-0.4, -0.2) is 15.3 Å². The maximum Gasteiger partial charge on any atom is 0.0849 e.